The Morgan fingerprint density at radius 2 is 2.12 bits per heavy atom. The summed E-state index contributed by atoms with van der Waals surface area (Å²) in [4.78, 5) is 12.7. The van der Waals surface area contributed by atoms with Crippen LogP contribution < -0.4 is 5.32 Å². The molecular formula is C10H17F3N2O. The second kappa shape index (κ2) is 5.03. The van der Waals surface area contributed by atoms with Crippen molar-refractivity contribution < 1.29 is 18.0 Å². The van der Waals surface area contributed by atoms with Gasteiger partial charge in [0.25, 0.3) is 0 Å². The lowest BCUT2D eigenvalue weighted by Gasteiger charge is -2.26. The maximum absolute atomic E-state index is 12.2. The van der Waals surface area contributed by atoms with Gasteiger partial charge in [0, 0.05) is 6.54 Å². The number of nitrogens with zero attached hydrogens (tertiary/aromatic N) is 1. The van der Waals surface area contributed by atoms with Gasteiger partial charge in [-0.05, 0) is 25.8 Å². The molecule has 1 aliphatic heterocycles. The summed E-state index contributed by atoms with van der Waals surface area (Å²) in [6.45, 7) is 3.06. The Morgan fingerprint density at radius 3 is 2.50 bits per heavy atom. The first-order chi connectivity index (χ1) is 7.35. The van der Waals surface area contributed by atoms with Gasteiger partial charge in [-0.3, -0.25) is 4.79 Å². The normalized spacial score (nSPS) is 25.8. The Morgan fingerprint density at radius 1 is 1.50 bits per heavy atom. The zero-order valence-corrected chi connectivity index (χ0v) is 9.47. The molecule has 94 valence electrons. The fraction of sp³-hybridized carbons (Fsp3) is 0.900. The van der Waals surface area contributed by atoms with E-state index in [9.17, 15) is 18.0 Å². The minimum absolute atomic E-state index is 0.0866. The summed E-state index contributed by atoms with van der Waals surface area (Å²) in [6.07, 6.45) is -3.49. The van der Waals surface area contributed by atoms with Crippen molar-refractivity contribution in [3.8, 4) is 0 Å². The van der Waals surface area contributed by atoms with Crippen LogP contribution in [-0.4, -0.2) is 42.7 Å². The van der Waals surface area contributed by atoms with Crippen LogP contribution in [0.25, 0.3) is 0 Å². The first-order valence-corrected chi connectivity index (χ1v) is 5.44. The molecule has 1 amide bonds. The van der Waals surface area contributed by atoms with Gasteiger partial charge in [0.05, 0.1) is 6.04 Å². The van der Waals surface area contributed by atoms with E-state index in [1.54, 1.807) is 6.92 Å². The van der Waals surface area contributed by atoms with Crippen molar-refractivity contribution in [2.24, 2.45) is 5.92 Å². The standard InChI is InChI=1S/C10H17F3N2O/c1-3-15(6-10(11,12)13)9(16)8-7(2)4-5-14-8/h7-8,14H,3-6H2,1-2H3. The smallest absolute Gasteiger partial charge is 0.333 e. The van der Waals surface area contributed by atoms with E-state index in [-0.39, 0.29) is 12.5 Å². The molecule has 1 heterocycles. The van der Waals surface area contributed by atoms with Crippen molar-refractivity contribution in [2.75, 3.05) is 19.6 Å². The van der Waals surface area contributed by atoms with Gasteiger partial charge >= 0.3 is 6.18 Å². The molecule has 0 bridgehead atoms. The predicted molar refractivity (Wildman–Crippen MR) is 53.9 cm³/mol. The number of alkyl halides is 3. The lowest BCUT2D eigenvalue weighted by atomic mass is 10.0. The van der Waals surface area contributed by atoms with E-state index in [1.165, 1.54) is 0 Å². The van der Waals surface area contributed by atoms with Gasteiger partial charge in [-0.2, -0.15) is 13.2 Å². The van der Waals surface area contributed by atoms with Crippen LogP contribution in [0.3, 0.4) is 0 Å². The van der Waals surface area contributed by atoms with E-state index in [2.05, 4.69) is 5.32 Å². The fourth-order valence-electron chi connectivity index (χ4n) is 1.92. The Hall–Kier alpha value is -0.780. The van der Waals surface area contributed by atoms with Crippen LogP contribution in [0, 0.1) is 5.92 Å². The van der Waals surface area contributed by atoms with E-state index in [0.29, 0.717) is 6.54 Å². The number of hydrogen-bond donors (Lipinski definition) is 1. The van der Waals surface area contributed by atoms with E-state index in [0.717, 1.165) is 11.3 Å². The van der Waals surface area contributed by atoms with Gasteiger partial charge in [0.2, 0.25) is 5.91 Å². The Labute approximate surface area is 93.0 Å². The van der Waals surface area contributed by atoms with Gasteiger partial charge in [0.1, 0.15) is 6.54 Å². The van der Waals surface area contributed by atoms with Crippen LogP contribution in [0.1, 0.15) is 20.3 Å². The van der Waals surface area contributed by atoms with Crippen LogP contribution in [0.2, 0.25) is 0 Å². The van der Waals surface area contributed by atoms with E-state index >= 15 is 0 Å². The minimum Gasteiger partial charge on any atom is -0.333 e. The third kappa shape index (κ3) is 3.37. The number of likely N-dealkylation sites (N-methyl/N-ethyl adjacent to an activating group) is 1. The molecule has 0 aromatic carbocycles. The average molecular weight is 238 g/mol. The molecule has 1 rings (SSSR count). The first-order valence-electron chi connectivity index (χ1n) is 5.44. The molecule has 1 N–H and O–H groups in total. The van der Waals surface area contributed by atoms with Crippen LogP contribution >= 0.6 is 0 Å². The second-order valence-electron chi connectivity index (χ2n) is 4.17. The van der Waals surface area contributed by atoms with Crippen molar-refractivity contribution in [3.63, 3.8) is 0 Å². The quantitative estimate of drug-likeness (QED) is 0.806. The number of carbonyl (C=O) groups excluding carboxylic acids is 1. The molecule has 0 saturated carbocycles. The van der Waals surface area contributed by atoms with Gasteiger partial charge < -0.3 is 10.2 Å². The molecule has 1 fully saturated rings. The first kappa shape index (κ1) is 13.3. The molecule has 0 aromatic rings. The molecule has 2 atom stereocenters. The third-order valence-corrected chi connectivity index (χ3v) is 2.86. The van der Waals surface area contributed by atoms with E-state index < -0.39 is 24.7 Å². The number of carbonyl (C=O) groups is 1. The summed E-state index contributed by atoms with van der Waals surface area (Å²) < 4.78 is 36.7. The highest BCUT2D eigenvalue weighted by atomic mass is 19.4. The van der Waals surface area contributed by atoms with E-state index in [1.807, 2.05) is 6.92 Å². The van der Waals surface area contributed by atoms with Crippen LogP contribution in [0.4, 0.5) is 13.2 Å². The number of halogens is 3. The van der Waals surface area contributed by atoms with Crippen LogP contribution in [0.15, 0.2) is 0 Å². The fourth-order valence-corrected chi connectivity index (χ4v) is 1.92. The zero-order chi connectivity index (χ0) is 12.3. The Bertz CT molecular complexity index is 255. The molecule has 0 spiro atoms. The molecule has 2 unspecified atom stereocenters. The van der Waals surface area contributed by atoms with Crippen molar-refractivity contribution in [1.29, 1.82) is 0 Å². The van der Waals surface area contributed by atoms with Gasteiger partial charge in [-0.1, -0.05) is 6.92 Å². The number of nitrogens with one attached hydrogen (secondary N) is 1. The van der Waals surface area contributed by atoms with E-state index in [4.69, 9.17) is 0 Å². The lowest BCUT2D eigenvalue weighted by Crippen LogP contribution is -2.48. The molecule has 6 heteroatoms. The summed E-state index contributed by atoms with van der Waals surface area (Å²) in [5.41, 5.74) is 0. The summed E-state index contributed by atoms with van der Waals surface area (Å²) in [7, 11) is 0. The third-order valence-electron chi connectivity index (χ3n) is 2.86. The zero-order valence-electron chi connectivity index (χ0n) is 9.47. The molecule has 0 aliphatic carbocycles. The number of rotatable bonds is 3. The van der Waals surface area contributed by atoms with Crippen LogP contribution in [-0.2, 0) is 4.79 Å². The highest BCUT2D eigenvalue weighted by molar-refractivity contribution is 5.82. The minimum atomic E-state index is -4.33. The highest BCUT2D eigenvalue weighted by Gasteiger charge is 2.37. The van der Waals surface area contributed by atoms with Gasteiger partial charge in [0.15, 0.2) is 0 Å². The molecule has 1 aliphatic rings. The van der Waals surface area contributed by atoms with Crippen molar-refractivity contribution >= 4 is 5.91 Å². The SMILES string of the molecule is CCN(CC(F)(F)F)C(=O)C1NCCC1C. The maximum Gasteiger partial charge on any atom is 0.406 e. The lowest BCUT2D eigenvalue weighted by molar-refractivity contribution is -0.162. The molecule has 3 nitrogen and oxygen atoms in total. The second-order valence-corrected chi connectivity index (χ2v) is 4.17. The Kier molecular flexibility index (Phi) is 4.18. The topological polar surface area (TPSA) is 32.3 Å². The monoisotopic (exact) mass is 238 g/mol. The molecule has 16 heavy (non-hydrogen) atoms. The van der Waals surface area contributed by atoms with Gasteiger partial charge in [-0.25, -0.2) is 0 Å². The highest BCUT2D eigenvalue weighted by Crippen LogP contribution is 2.20. The van der Waals surface area contributed by atoms with Crippen molar-refractivity contribution in [2.45, 2.75) is 32.5 Å². The average Bonchev–Trinajstić information content (AvgIpc) is 2.58. The summed E-state index contributed by atoms with van der Waals surface area (Å²) in [5, 5.41) is 2.95. The predicted octanol–water partition coefficient (Wildman–Crippen LogP) is 1.40. The molecule has 0 aromatic heterocycles. The largest absolute Gasteiger partial charge is 0.406 e. The maximum atomic E-state index is 12.2. The molecule has 0 radical (unpaired) electrons. The van der Waals surface area contributed by atoms with Crippen LogP contribution in [0.5, 0.6) is 0 Å². The summed E-state index contributed by atoms with van der Waals surface area (Å²) in [6, 6.07) is -0.456. The van der Waals surface area contributed by atoms with Crippen molar-refractivity contribution in [3.05, 3.63) is 0 Å². The molecule has 1 saturated heterocycles. The molecular weight excluding hydrogens is 221 g/mol. The number of hydrogen-bond acceptors (Lipinski definition) is 2. The Balaban J connectivity index is 2.62. The number of amides is 1. The van der Waals surface area contributed by atoms with Crippen molar-refractivity contribution in [1.82, 2.24) is 10.2 Å². The van der Waals surface area contributed by atoms with Gasteiger partial charge in [-0.15, -0.1) is 0 Å². The summed E-state index contributed by atoms with van der Waals surface area (Å²) in [5.74, 6) is -0.334. The summed E-state index contributed by atoms with van der Waals surface area (Å²) >= 11 is 0.